The van der Waals surface area contributed by atoms with Gasteiger partial charge in [0.25, 0.3) is 0 Å². The molecule has 7 heteroatoms. The smallest absolute Gasteiger partial charge is 0.223 e. The number of methoxy groups -OCH3 is 2. The number of carbonyl (C=O) groups excluding carboxylic acids is 1. The second-order valence-corrected chi connectivity index (χ2v) is 7.99. The Morgan fingerprint density at radius 3 is 2.25 bits per heavy atom. The zero-order valence-electron chi connectivity index (χ0n) is 14.3. The van der Waals surface area contributed by atoms with Crippen molar-refractivity contribution in [3.05, 3.63) is 18.2 Å². The first-order chi connectivity index (χ1) is 11.5. The fourth-order valence-corrected chi connectivity index (χ4v) is 4.07. The second kappa shape index (κ2) is 8.37. The number of likely N-dealkylation sites (tertiary alicyclic amines) is 1. The highest BCUT2D eigenvalue weighted by molar-refractivity contribution is 7.91. The van der Waals surface area contributed by atoms with Crippen LogP contribution in [0.25, 0.3) is 0 Å². The molecule has 0 radical (unpaired) electrons. The van der Waals surface area contributed by atoms with E-state index < -0.39 is 9.84 Å². The van der Waals surface area contributed by atoms with Gasteiger partial charge < -0.3 is 14.4 Å². The van der Waals surface area contributed by atoms with Crippen molar-refractivity contribution >= 4 is 15.7 Å². The number of rotatable bonds is 6. The van der Waals surface area contributed by atoms with E-state index in [4.69, 9.17) is 9.47 Å². The van der Waals surface area contributed by atoms with Crippen molar-refractivity contribution in [2.75, 3.05) is 33.1 Å². The van der Waals surface area contributed by atoms with Crippen molar-refractivity contribution in [1.82, 2.24) is 4.90 Å². The summed E-state index contributed by atoms with van der Waals surface area (Å²) in [5.74, 6) is 0.549. The number of hydrogen-bond donors (Lipinski definition) is 0. The highest BCUT2D eigenvalue weighted by Gasteiger charge is 2.21. The predicted molar refractivity (Wildman–Crippen MR) is 91.3 cm³/mol. The number of sulfone groups is 1. The van der Waals surface area contributed by atoms with Gasteiger partial charge in [-0.25, -0.2) is 8.42 Å². The minimum Gasteiger partial charge on any atom is -0.493 e. The van der Waals surface area contributed by atoms with Gasteiger partial charge in [-0.3, -0.25) is 4.79 Å². The van der Waals surface area contributed by atoms with Gasteiger partial charge in [-0.15, -0.1) is 0 Å². The van der Waals surface area contributed by atoms with Crippen LogP contribution in [-0.4, -0.2) is 52.3 Å². The van der Waals surface area contributed by atoms with Crippen molar-refractivity contribution in [1.29, 1.82) is 0 Å². The van der Waals surface area contributed by atoms with Gasteiger partial charge >= 0.3 is 0 Å². The SMILES string of the molecule is COc1ccc(S(=O)(=O)CCC(=O)N2CCCCCC2)cc1OC. The van der Waals surface area contributed by atoms with Crippen LogP contribution in [0.3, 0.4) is 0 Å². The van der Waals surface area contributed by atoms with Crippen LogP contribution in [0.1, 0.15) is 32.1 Å². The molecule has 134 valence electrons. The predicted octanol–water partition coefficient (Wildman–Crippen LogP) is 2.27. The molecule has 0 bridgehead atoms. The van der Waals surface area contributed by atoms with E-state index in [-0.39, 0.29) is 23.0 Å². The van der Waals surface area contributed by atoms with Gasteiger partial charge in [-0.05, 0) is 25.0 Å². The van der Waals surface area contributed by atoms with E-state index >= 15 is 0 Å². The van der Waals surface area contributed by atoms with Gasteiger partial charge in [0.1, 0.15) is 0 Å². The minimum absolute atomic E-state index is 0.0106. The molecule has 6 nitrogen and oxygen atoms in total. The maximum Gasteiger partial charge on any atom is 0.223 e. The summed E-state index contributed by atoms with van der Waals surface area (Å²) in [6.45, 7) is 1.46. The van der Waals surface area contributed by atoms with Crippen molar-refractivity contribution in [3.8, 4) is 11.5 Å². The topological polar surface area (TPSA) is 72.9 Å². The molecule has 2 rings (SSSR count). The number of amides is 1. The Bertz CT molecular complexity index is 664. The lowest BCUT2D eigenvalue weighted by atomic mass is 10.2. The van der Waals surface area contributed by atoms with E-state index in [2.05, 4.69) is 0 Å². The molecule has 0 spiro atoms. The zero-order chi connectivity index (χ0) is 17.6. The standard InChI is InChI=1S/C17H25NO5S/c1-22-15-8-7-14(13-16(15)23-2)24(20,21)12-9-17(19)18-10-5-3-4-6-11-18/h7-8,13H,3-6,9-12H2,1-2H3. The average Bonchev–Trinajstić information content (AvgIpc) is 2.88. The molecule has 0 unspecified atom stereocenters. The molecule has 1 aliphatic heterocycles. The molecule has 0 aromatic heterocycles. The summed E-state index contributed by atoms with van der Waals surface area (Å²) in [6, 6.07) is 4.47. The van der Waals surface area contributed by atoms with Crippen LogP contribution in [0.4, 0.5) is 0 Å². The van der Waals surface area contributed by atoms with E-state index in [1.807, 2.05) is 0 Å². The Hall–Kier alpha value is -1.76. The summed E-state index contributed by atoms with van der Waals surface area (Å²) in [4.78, 5) is 14.2. The van der Waals surface area contributed by atoms with Gasteiger partial charge in [0.05, 0.1) is 24.9 Å². The van der Waals surface area contributed by atoms with Crippen LogP contribution in [-0.2, 0) is 14.6 Å². The molecule has 0 N–H and O–H groups in total. The van der Waals surface area contributed by atoms with Crippen LogP contribution in [0.5, 0.6) is 11.5 Å². The lowest BCUT2D eigenvalue weighted by Crippen LogP contribution is -2.33. The number of hydrogen-bond acceptors (Lipinski definition) is 5. The van der Waals surface area contributed by atoms with Crippen LogP contribution in [0.15, 0.2) is 23.1 Å². The molecule has 0 atom stereocenters. The molecule has 1 aromatic rings. The lowest BCUT2D eigenvalue weighted by molar-refractivity contribution is -0.130. The average molecular weight is 355 g/mol. The van der Waals surface area contributed by atoms with Gasteiger partial charge in [-0.2, -0.15) is 0 Å². The molecular weight excluding hydrogens is 330 g/mol. The lowest BCUT2D eigenvalue weighted by Gasteiger charge is -2.20. The maximum atomic E-state index is 12.5. The van der Waals surface area contributed by atoms with Crippen molar-refractivity contribution in [3.63, 3.8) is 0 Å². The van der Waals surface area contributed by atoms with E-state index in [0.717, 1.165) is 38.8 Å². The highest BCUT2D eigenvalue weighted by Crippen LogP contribution is 2.30. The summed E-state index contributed by atoms with van der Waals surface area (Å²) < 4.78 is 35.2. The van der Waals surface area contributed by atoms with Crippen LogP contribution in [0, 0.1) is 0 Å². The quantitative estimate of drug-likeness (QED) is 0.783. The summed E-state index contributed by atoms with van der Waals surface area (Å²) in [5, 5.41) is 0. The molecule has 1 fully saturated rings. The van der Waals surface area contributed by atoms with Crippen molar-refractivity contribution < 1.29 is 22.7 Å². The number of ether oxygens (including phenoxy) is 2. The first-order valence-corrected chi connectivity index (χ1v) is 9.85. The summed E-state index contributed by atoms with van der Waals surface area (Å²) >= 11 is 0. The third kappa shape index (κ3) is 4.63. The van der Waals surface area contributed by atoms with Crippen LogP contribution in [0.2, 0.25) is 0 Å². The minimum atomic E-state index is -3.54. The molecule has 0 saturated carbocycles. The summed E-state index contributed by atoms with van der Waals surface area (Å²) in [6.07, 6.45) is 4.26. The molecular formula is C17H25NO5S. The van der Waals surface area contributed by atoms with Gasteiger partial charge in [0.15, 0.2) is 21.3 Å². The van der Waals surface area contributed by atoms with Gasteiger partial charge in [0.2, 0.25) is 5.91 Å². The summed E-state index contributed by atoms with van der Waals surface area (Å²) in [5.41, 5.74) is 0. The molecule has 1 heterocycles. The van der Waals surface area contributed by atoms with E-state index in [1.165, 1.54) is 26.4 Å². The number of carbonyl (C=O) groups is 1. The van der Waals surface area contributed by atoms with Crippen LogP contribution >= 0.6 is 0 Å². The van der Waals surface area contributed by atoms with E-state index in [1.54, 1.807) is 11.0 Å². The number of nitrogens with zero attached hydrogens (tertiary/aromatic N) is 1. The first kappa shape index (κ1) is 18.6. The first-order valence-electron chi connectivity index (χ1n) is 8.20. The van der Waals surface area contributed by atoms with Crippen molar-refractivity contribution in [2.24, 2.45) is 0 Å². The monoisotopic (exact) mass is 355 g/mol. The number of benzene rings is 1. The Kier molecular flexibility index (Phi) is 6.48. The molecule has 1 aromatic carbocycles. The third-order valence-electron chi connectivity index (χ3n) is 4.26. The Labute approximate surface area is 143 Å². The van der Waals surface area contributed by atoms with E-state index in [9.17, 15) is 13.2 Å². The maximum absolute atomic E-state index is 12.5. The Balaban J connectivity index is 2.04. The second-order valence-electron chi connectivity index (χ2n) is 5.88. The van der Waals surface area contributed by atoms with Crippen LogP contribution < -0.4 is 9.47 Å². The Morgan fingerprint density at radius 2 is 1.67 bits per heavy atom. The van der Waals surface area contributed by atoms with Crippen molar-refractivity contribution in [2.45, 2.75) is 37.0 Å². The van der Waals surface area contributed by atoms with E-state index in [0.29, 0.717) is 11.5 Å². The van der Waals surface area contributed by atoms with Gasteiger partial charge in [-0.1, -0.05) is 12.8 Å². The normalized spacial score (nSPS) is 15.7. The highest BCUT2D eigenvalue weighted by atomic mass is 32.2. The molecule has 1 saturated heterocycles. The largest absolute Gasteiger partial charge is 0.493 e. The molecule has 1 aliphatic rings. The zero-order valence-corrected chi connectivity index (χ0v) is 15.1. The Morgan fingerprint density at radius 1 is 1.04 bits per heavy atom. The third-order valence-corrected chi connectivity index (χ3v) is 5.97. The fraction of sp³-hybridized carbons (Fsp3) is 0.588. The molecule has 1 amide bonds. The molecule has 0 aliphatic carbocycles. The fourth-order valence-electron chi connectivity index (χ4n) is 2.83. The molecule has 24 heavy (non-hydrogen) atoms. The summed E-state index contributed by atoms with van der Waals surface area (Å²) in [7, 11) is -0.596. The van der Waals surface area contributed by atoms with Gasteiger partial charge in [0, 0.05) is 25.6 Å².